The molecule has 2 heteroatoms. The highest BCUT2D eigenvalue weighted by Gasteiger charge is 2.10. The van der Waals surface area contributed by atoms with Crippen molar-refractivity contribution in [2.75, 3.05) is 6.61 Å². The van der Waals surface area contributed by atoms with Gasteiger partial charge in [-0.15, -0.1) is 0 Å². The van der Waals surface area contributed by atoms with E-state index in [0.717, 1.165) is 24.2 Å². The van der Waals surface area contributed by atoms with E-state index in [1.807, 2.05) is 31.2 Å². The lowest BCUT2D eigenvalue weighted by atomic mass is 9.92. The number of carbonyl (C=O) groups excluding carboxylic acids is 1. The summed E-state index contributed by atoms with van der Waals surface area (Å²) in [7, 11) is 0. The van der Waals surface area contributed by atoms with Crippen LogP contribution in [0, 0.1) is 26.7 Å². The molecule has 2 aromatic rings. The summed E-state index contributed by atoms with van der Waals surface area (Å²) < 4.78 is 5.58. The summed E-state index contributed by atoms with van der Waals surface area (Å²) >= 11 is 0. The van der Waals surface area contributed by atoms with Gasteiger partial charge in [-0.2, -0.15) is 0 Å². The van der Waals surface area contributed by atoms with Crippen LogP contribution < -0.4 is 4.74 Å². The van der Waals surface area contributed by atoms with Gasteiger partial charge in [0.05, 0.1) is 0 Å². The minimum Gasteiger partial charge on any atom is -0.486 e. The molecule has 2 rings (SSSR count). The molecular formula is C22H28O2. The molecule has 0 heterocycles. The topological polar surface area (TPSA) is 26.3 Å². The molecule has 0 saturated carbocycles. The Morgan fingerprint density at radius 3 is 2.50 bits per heavy atom. The van der Waals surface area contributed by atoms with Gasteiger partial charge in [0.25, 0.3) is 0 Å². The van der Waals surface area contributed by atoms with E-state index in [2.05, 4.69) is 39.0 Å². The first kappa shape index (κ1) is 18.3. The lowest BCUT2D eigenvalue weighted by Gasteiger charge is -2.14. The van der Waals surface area contributed by atoms with E-state index < -0.39 is 0 Å². The number of ketones is 1. The van der Waals surface area contributed by atoms with Gasteiger partial charge in [-0.05, 0) is 68.4 Å². The molecule has 0 saturated heterocycles. The minimum atomic E-state index is 0.166. The van der Waals surface area contributed by atoms with Crippen LogP contribution in [0.15, 0.2) is 42.5 Å². The molecule has 0 aliphatic rings. The predicted octanol–water partition coefficient (Wildman–Crippen LogP) is 5.22. The van der Waals surface area contributed by atoms with E-state index in [0.29, 0.717) is 12.3 Å². The molecule has 0 N–H and O–H groups in total. The fourth-order valence-electron chi connectivity index (χ4n) is 2.90. The number of hydrogen-bond donors (Lipinski definition) is 0. The van der Waals surface area contributed by atoms with Crippen molar-refractivity contribution in [3.05, 3.63) is 64.7 Å². The fraction of sp³-hybridized carbons (Fsp3) is 0.409. The van der Waals surface area contributed by atoms with Crippen molar-refractivity contribution in [1.29, 1.82) is 0 Å². The normalized spacial score (nSPS) is 12.0. The van der Waals surface area contributed by atoms with Gasteiger partial charge in [-0.1, -0.05) is 42.8 Å². The molecule has 0 fully saturated rings. The number of hydrogen-bond acceptors (Lipinski definition) is 2. The van der Waals surface area contributed by atoms with E-state index in [-0.39, 0.29) is 12.4 Å². The van der Waals surface area contributed by atoms with Crippen LogP contribution >= 0.6 is 0 Å². The molecule has 0 bridgehead atoms. The van der Waals surface area contributed by atoms with Gasteiger partial charge >= 0.3 is 0 Å². The molecule has 0 aliphatic heterocycles. The largest absolute Gasteiger partial charge is 0.486 e. The van der Waals surface area contributed by atoms with Crippen molar-refractivity contribution in [1.82, 2.24) is 0 Å². The Hall–Kier alpha value is -2.09. The Labute approximate surface area is 145 Å². The second-order valence-corrected chi connectivity index (χ2v) is 6.92. The molecule has 0 aromatic heterocycles. The Balaban J connectivity index is 1.74. The molecule has 0 aliphatic carbocycles. The summed E-state index contributed by atoms with van der Waals surface area (Å²) in [5.41, 5.74) is 5.17. The van der Waals surface area contributed by atoms with Gasteiger partial charge in [0.15, 0.2) is 5.78 Å². The molecule has 2 nitrogen and oxygen atoms in total. The van der Waals surface area contributed by atoms with Crippen molar-refractivity contribution in [2.24, 2.45) is 5.92 Å². The summed E-state index contributed by atoms with van der Waals surface area (Å²) in [6.45, 7) is 8.68. The molecule has 2 aromatic carbocycles. The first-order valence-electron chi connectivity index (χ1n) is 8.71. The van der Waals surface area contributed by atoms with Crippen LogP contribution in [0.5, 0.6) is 5.75 Å². The molecule has 24 heavy (non-hydrogen) atoms. The smallest absolute Gasteiger partial charge is 0.170 e. The highest BCUT2D eigenvalue weighted by atomic mass is 16.5. The number of benzene rings is 2. The SMILES string of the molecule is Cc1cccc(OCC(=O)CC[C@H](C)Cc2ccc(C)cc2C)c1. The van der Waals surface area contributed by atoms with Crippen LogP contribution in [-0.2, 0) is 11.2 Å². The van der Waals surface area contributed by atoms with Gasteiger partial charge in [0.2, 0.25) is 0 Å². The summed E-state index contributed by atoms with van der Waals surface area (Å²) in [6.07, 6.45) is 2.51. The van der Waals surface area contributed by atoms with Crippen molar-refractivity contribution < 1.29 is 9.53 Å². The number of carbonyl (C=O) groups is 1. The standard InChI is InChI=1S/C22H28O2/c1-16-6-5-7-22(14-16)24-15-21(23)11-9-18(3)13-20-10-8-17(2)12-19(20)4/h5-8,10,12,14,18H,9,11,13,15H2,1-4H3/t18-/m0/s1. The number of Topliss-reactive ketones (excluding diaryl/α,β-unsaturated/α-hetero) is 1. The zero-order valence-electron chi connectivity index (χ0n) is 15.3. The van der Waals surface area contributed by atoms with E-state index >= 15 is 0 Å². The maximum absolute atomic E-state index is 12.0. The van der Waals surface area contributed by atoms with Gasteiger partial charge in [0.1, 0.15) is 12.4 Å². The van der Waals surface area contributed by atoms with E-state index in [9.17, 15) is 4.79 Å². The van der Waals surface area contributed by atoms with Crippen molar-refractivity contribution in [3.8, 4) is 5.75 Å². The number of aryl methyl sites for hydroxylation is 3. The first-order valence-corrected chi connectivity index (χ1v) is 8.71. The second-order valence-electron chi connectivity index (χ2n) is 6.92. The zero-order valence-corrected chi connectivity index (χ0v) is 15.3. The minimum absolute atomic E-state index is 0.166. The molecular weight excluding hydrogens is 296 g/mol. The highest BCUT2D eigenvalue weighted by Crippen LogP contribution is 2.18. The second kappa shape index (κ2) is 8.68. The number of ether oxygens (including phenoxy) is 1. The summed E-state index contributed by atoms with van der Waals surface area (Å²) in [5, 5.41) is 0. The third-order valence-electron chi connectivity index (χ3n) is 4.37. The van der Waals surface area contributed by atoms with Gasteiger partial charge in [0, 0.05) is 6.42 Å². The van der Waals surface area contributed by atoms with Crippen molar-refractivity contribution in [3.63, 3.8) is 0 Å². The molecule has 0 spiro atoms. The van der Waals surface area contributed by atoms with E-state index in [4.69, 9.17) is 4.74 Å². The van der Waals surface area contributed by atoms with Crippen LogP contribution in [0.3, 0.4) is 0 Å². The summed E-state index contributed by atoms with van der Waals surface area (Å²) in [6, 6.07) is 14.4. The van der Waals surface area contributed by atoms with Crippen LogP contribution in [0.25, 0.3) is 0 Å². The third kappa shape index (κ3) is 5.84. The molecule has 128 valence electrons. The maximum atomic E-state index is 12.0. The lowest BCUT2D eigenvalue weighted by Crippen LogP contribution is -2.13. The fourth-order valence-corrected chi connectivity index (χ4v) is 2.90. The summed E-state index contributed by atoms with van der Waals surface area (Å²) in [5.74, 6) is 1.44. The molecule has 1 atom stereocenters. The van der Waals surface area contributed by atoms with E-state index in [1.165, 1.54) is 16.7 Å². The Morgan fingerprint density at radius 2 is 1.79 bits per heavy atom. The molecule has 0 unspecified atom stereocenters. The predicted molar refractivity (Wildman–Crippen MR) is 99.7 cm³/mol. The van der Waals surface area contributed by atoms with Gasteiger partial charge < -0.3 is 4.74 Å². The first-order chi connectivity index (χ1) is 11.4. The van der Waals surface area contributed by atoms with Crippen molar-refractivity contribution >= 4 is 5.78 Å². The molecule has 0 amide bonds. The number of rotatable bonds is 8. The quantitative estimate of drug-likeness (QED) is 0.665. The zero-order chi connectivity index (χ0) is 17.5. The average molecular weight is 324 g/mol. The van der Waals surface area contributed by atoms with Crippen molar-refractivity contribution in [2.45, 2.75) is 47.0 Å². The Morgan fingerprint density at radius 1 is 1.04 bits per heavy atom. The Bertz CT molecular complexity index is 688. The van der Waals surface area contributed by atoms with E-state index in [1.54, 1.807) is 0 Å². The monoisotopic (exact) mass is 324 g/mol. The van der Waals surface area contributed by atoms with Crippen LogP contribution in [0.2, 0.25) is 0 Å². The maximum Gasteiger partial charge on any atom is 0.170 e. The third-order valence-corrected chi connectivity index (χ3v) is 4.37. The molecule has 0 radical (unpaired) electrons. The highest BCUT2D eigenvalue weighted by molar-refractivity contribution is 5.79. The van der Waals surface area contributed by atoms with Gasteiger partial charge in [-0.3, -0.25) is 4.79 Å². The van der Waals surface area contributed by atoms with Gasteiger partial charge in [-0.25, -0.2) is 0 Å². The average Bonchev–Trinajstić information content (AvgIpc) is 2.54. The lowest BCUT2D eigenvalue weighted by molar-refractivity contribution is -0.121. The summed E-state index contributed by atoms with van der Waals surface area (Å²) in [4.78, 5) is 12.0. The van der Waals surface area contributed by atoms with Crippen LogP contribution in [-0.4, -0.2) is 12.4 Å². The van der Waals surface area contributed by atoms with Crippen LogP contribution in [0.1, 0.15) is 42.0 Å². The van der Waals surface area contributed by atoms with Crippen LogP contribution in [0.4, 0.5) is 0 Å². The Kier molecular flexibility index (Phi) is 6.60.